The molecule has 0 spiro atoms. The van der Waals surface area contributed by atoms with Gasteiger partial charge in [0.1, 0.15) is 23.6 Å². The van der Waals surface area contributed by atoms with Gasteiger partial charge in [0.05, 0.1) is 6.61 Å². The third-order valence-corrected chi connectivity index (χ3v) is 4.19. The van der Waals surface area contributed by atoms with E-state index in [0.29, 0.717) is 18.1 Å². The predicted octanol–water partition coefficient (Wildman–Crippen LogP) is 4.49. The van der Waals surface area contributed by atoms with Crippen LogP contribution in [0.4, 0.5) is 17.2 Å². The van der Waals surface area contributed by atoms with Gasteiger partial charge in [-0.1, -0.05) is 12.1 Å². The van der Waals surface area contributed by atoms with Gasteiger partial charge in [-0.2, -0.15) is 0 Å². The number of ether oxygens (including phenoxy) is 1. The third kappa shape index (κ3) is 4.61. The molecule has 0 aliphatic rings. The molecule has 27 heavy (non-hydrogen) atoms. The Morgan fingerprint density at radius 2 is 1.85 bits per heavy atom. The molecule has 1 amide bonds. The minimum Gasteiger partial charge on any atom is -0.494 e. The van der Waals surface area contributed by atoms with Crippen LogP contribution in [0.2, 0.25) is 0 Å². The van der Waals surface area contributed by atoms with Gasteiger partial charge in [0, 0.05) is 17.4 Å². The molecule has 0 atom stereocenters. The molecule has 6 heteroatoms. The number of hydrogen-bond acceptors (Lipinski definition) is 5. The molecule has 3 aromatic rings. The average Bonchev–Trinajstić information content (AvgIpc) is 2.67. The van der Waals surface area contributed by atoms with E-state index in [0.717, 1.165) is 28.3 Å². The van der Waals surface area contributed by atoms with Crippen LogP contribution in [0.25, 0.3) is 0 Å². The number of benzene rings is 2. The molecule has 0 fully saturated rings. The molecule has 0 aliphatic heterocycles. The number of nitrogens with one attached hydrogen (secondary N) is 2. The largest absolute Gasteiger partial charge is 0.494 e. The van der Waals surface area contributed by atoms with Crippen molar-refractivity contribution in [2.24, 2.45) is 0 Å². The number of rotatable bonds is 6. The van der Waals surface area contributed by atoms with Gasteiger partial charge in [-0.25, -0.2) is 9.97 Å². The minimum absolute atomic E-state index is 0.277. The van der Waals surface area contributed by atoms with E-state index in [1.54, 1.807) is 6.07 Å². The van der Waals surface area contributed by atoms with Crippen molar-refractivity contribution in [3.63, 3.8) is 0 Å². The lowest BCUT2D eigenvalue weighted by Crippen LogP contribution is -2.15. The molecule has 3 rings (SSSR count). The standard InChI is InChI=1S/C21H22N4O2/c1-4-27-17-10-8-16(9-11-17)24-20-12-19(22-13-23-20)21(26)25-18-7-5-6-14(2)15(18)3/h5-13H,4H2,1-3H3,(H,25,26)(H,22,23,24). The van der Waals surface area contributed by atoms with Crippen LogP contribution >= 0.6 is 0 Å². The first-order chi connectivity index (χ1) is 13.1. The molecule has 0 saturated carbocycles. The number of carbonyl (C=O) groups is 1. The van der Waals surface area contributed by atoms with Crippen molar-refractivity contribution in [1.82, 2.24) is 9.97 Å². The van der Waals surface area contributed by atoms with Crippen LogP contribution < -0.4 is 15.4 Å². The summed E-state index contributed by atoms with van der Waals surface area (Å²) in [5.74, 6) is 1.07. The molecule has 2 aromatic carbocycles. The molecule has 0 radical (unpaired) electrons. The SMILES string of the molecule is CCOc1ccc(Nc2cc(C(=O)Nc3cccc(C)c3C)ncn2)cc1. The summed E-state index contributed by atoms with van der Waals surface area (Å²) < 4.78 is 5.43. The Morgan fingerprint density at radius 3 is 2.59 bits per heavy atom. The molecule has 0 bridgehead atoms. The maximum absolute atomic E-state index is 12.6. The number of aryl methyl sites for hydroxylation is 1. The van der Waals surface area contributed by atoms with Gasteiger partial charge in [0.2, 0.25) is 0 Å². The first kappa shape index (κ1) is 18.4. The van der Waals surface area contributed by atoms with Crippen molar-refractivity contribution >= 4 is 23.1 Å². The first-order valence-corrected chi connectivity index (χ1v) is 8.76. The lowest BCUT2D eigenvalue weighted by Gasteiger charge is -2.11. The van der Waals surface area contributed by atoms with E-state index >= 15 is 0 Å². The van der Waals surface area contributed by atoms with Gasteiger partial charge in [0.15, 0.2) is 0 Å². The van der Waals surface area contributed by atoms with Crippen molar-refractivity contribution in [3.05, 3.63) is 71.7 Å². The molecule has 1 aromatic heterocycles. The van der Waals surface area contributed by atoms with Gasteiger partial charge in [-0.15, -0.1) is 0 Å². The fourth-order valence-corrected chi connectivity index (χ4v) is 2.57. The second-order valence-electron chi connectivity index (χ2n) is 6.07. The van der Waals surface area contributed by atoms with Gasteiger partial charge < -0.3 is 15.4 Å². The zero-order chi connectivity index (χ0) is 19.2. The van der Waals surface area contributed by atoms with Gasteiger partial charge in [-0.05, 0) is 62.2 Å². The van der Waals surface area contributed by atoms with Crippen LogP contribution in [-0.2, 0) is 0 Å². The first-order valence-electron chi connectivity index (χ1n) is 8.76. The summed E-state index contributed by atoms with van der Waals surface area (Å²) in [5, 5.41) is 6.07. The zero-order valence-electron chi connectivity index (χ0n) is 15.6. The summed E-state index contributed by atoms with van der Waals surface area (Å²) in [4.78, 5) is 20.8. The van der Waals surface area contributed by atoms with Gasteiger partial charge in [-0.3, -0.25) is 4.79 Å². The van der Waals surface area contributed by atoms with Gasteiger partial charge >= 0.3 is 0 Å². The summed E-state index contributed by atoms with van der Waals surface area (Å²) in [5.41, 5.74) is 4.07. The summed E-state index contributed by atoms with van der Waals surface area (Å²) >= 11 is 0. The summed E-state index contributed by atoms with van der Waals surface area (Å²) in [6, 6.07) is 15.0. The fraction of sp³-hybridized carbons (Fsp3) is 0.190. The third-order valence-electron chi connectivity index (χ3n) is 4.19. The molecule has 6 nitrogen and oxygen atoms in total. The van der Waals surface area contributed by atoms with Crippen molar-refractivity contribution < 1.29 is 9.53 Å². The molecule has 138 valence electrons. The normalized spacial score (nSPS) is 10.3. The Kier molecular flexibility index (Phi) is 5.66. The van der Waals surface area contributed by atoms with E-state index in [1.807, 2.05) is 63.2 Å². The Bertz CT molecular complexity index is 939. The number of nitrogens with zero attached hydrogens (tertiary/aromatic N) is 2. The van der Waals surface area contributed by atoms with Crippen molar-refractivity contribution in [1.29, 1.82) is 0 Å². The van der Waals surface area contributed by atoms with Crippen molar-refractivity contribution in [3.8, 4) is 5.75 Å². The van der Waals surface area contributed by atoms with Crippen LogP contribution in [0.5, 0.6) is 5.75 Å². The highest BCUT2D eigenvalue weighted by molar-refractivity contribution is 6.03. The Hall–Kier alpha value is -3.41. The van der Waals surface area contributed by atoms with E-state index < -0.39 is 0 Å². The van der Waals surface area contributed by atoms with E-state index in [-0.39, 0.29) is 5.91 Å². The maximum atomic E-state index is 12.6. The molecular weight excluding hydrogens is 340 g/mol. The number of carbonyl (C=O) groups excluding carboxylic acids is 1. The monoisotopic (exact) mass is 362 g/mol. The summed E-state index contributed by atoms with van der Waals surface area (Å²) in [7, 11) is 0. The van der Waals surface area contributed by atoms with E-state index in [4.69, 9.17) is 4.74 Å². The highest BCUT2D eigenvalue weighted by Gasteiger charge is 2.11. The quantitative estimate of drug-likeness (QED) is 0.676. The molecule has 2 N–H and O–H groups in total. The molecule has 0 unspecified atom stereocenters. The Morgan fingerprint density at radius 1 is 1.07 bits per heavy atom. The van der Waals surface area contributed by atoms with Crippen LogP contribution in [-0.4, -0.2) is 22.5 Å². The lowest BCUT2D eigenvalue weighted by atomic mass is 10.1. The molecule has 0 saturated heterocycles. The maximum Gasteiger partial charge on any atom is 0.274 e. The van der Waals surface area contributed by atoms with E-state index in [9.17, 15) is 4.79 Å². The Labute approximate surface area is 158 Å². The zero-order valence-corrected chi connectivity index (χ0v) is 15.6. The highest BCUT2D eigenvalue weighted by atomic mass is 16.5. The number of amides is 1. The average molecular weight is 362 g/mol. The topological polar surface area (TPSA) is 76.1 Å². The second kappa shape index (κ2) is 8.31. The molecule has 1 heterocycles. The summed E-state index contributed by atoms with van der Waals surface area (Å²) in [6.45, 7) is 6.55. The number of anilines is 3. The highest BCUT2D eigenvalue weighted by Crippen LogP contribution is 2.21. The Balaban J connectivity index is 1.72. The van der Waals surface area contributed by atoms with Gasteiger partial charge in [0.25, 0.3) is 5.91 Å². The molecular formula is C21H22N4O2. The van der Waals surface area contributed by atoms with Crippen molar-refractivity contribution in [2.75, 3.05) is 17.2 Å². The molecule has 0 aliphatic carbocycles. The van der Waals surface area contributed by atoms with E-state index in [1.165, 1.54) is 6.33 Å². The lowest BCUT2D eigenvalue weighted by molar-refractivity contribution is 0.102. The fourth-order valence-electron chi connectivity index (χ4n) is 2.57. The van der Waals surface area contributed by atoms with Crippen LogP contribution in [0.15, 0.2) is 54.9 Å². The minimum atomic E-state index is -0.277. The predicted molar refractivity (Wildman–Crippen MR) is 107 cm³/mol. The van der Waals surface area contributed by atoms with Crippen LogP contribution in [0.1, 0.15) is 28.5 Å². The summed E-state index contributed by atoms with van der Waals surface area (Å²) in [6.07, 6.45) is 1.37. The second-order valence-corrected chi connectivity index (χ2v) is 6.07. The number of hydrogen-bond donors (Lipinski definition) is 2. The van der Waals surface area contributed by atoms with Crippen LogP contribution in [0, 0.1) is 13.8 Å². The van der Waals surface area contributed by atoms with Crippen LogP contribution in [0.3, 0.4) is 0 Å². The number of aromatic nitrogens is 2. The smallest absolute Gasteiger partial charge is 0.274 e. The van der Waals surface area contributed by atoms with E-state index in [2.05, 4.69) is 20.6 Å². The van der Waals surface area contributed by atoms with Crippen molar-refractivity contribution in [2.45, 2.75) is 20.8 Å².